The van der Waals surface area contributed by atoms with Gasteiger partial charge in [-0.2, -0.15) is 0 Å². The first-order chi connectivity index (χ1) is 14.7. The van der Waals surface area contributed by atoms with Crippen molar-refractivity contribution in [3.8, 4) is 0 Å². The van der Waals surface area contributed by atoms with Crippen molar-refractivity contribution < 1.29 is 4.79 Å². The fourth-order valence-corrected chi connectivity index (χ4v) is 3.37. The Morgan fingerprint density at radius 3 is 2.71 bits per heavy atom. The van der Waals surface area contributed by atoms with Gasteiger partial charge in [0.15, 0.2) is 0 Å². The molecule has 1 N–H and O–H groups in total. The summed E-state index contributed by atoms with van der Waals surface area (Å²) in [6.07, 6.45) is 6.15. The second-order valence-electron chi connectivity index (χ2n) is 7.69. The van der Waals surface area contributed by atoms with Gasteiger partial charge in [-0.3, -0.25) is 4.79 Å². The van der Waals surface area contributed by atoms with Crippen LogP contribution in [0.3, 0.4) is 0 Å². The molecule has 1 aromatic carbocycles. The molecule has 2 aromatic rings. The predicted molar refractivity (Wildman–Crippen MR) is 130 cm³/mol. The van der Waals surface area contributed by atoms with Crippen LogP contribution < -0.4 is 5.32 Å². The molecule has 0 saturated carbocycles. The zero-order valence-corrected chi connectivity index (χ0v) is 19.5. The summed E-state index contributed by atoms with van der Waals surface area (Å²) < 4.78 is 0. The molecule has 2 rings (SSSR count). The Morgan fingerprint density at radius 2 is 2.03 bits per heavy atom. The van der Waals surface area contributed by atoms with E-state index in [4.69, 9.17) is 11.6 Å². The summed E-state index contributed by atoms with van der Waals surface area (Å²) in [5, 5.41) is 3.70. The molecule has 0 aliphatic heterocycles. The highest BCUT2D eigenvalue weighted by Gasteiger charge is 2.16. The van der Waals surface area contributed by atoms with Gasteiger partial charge >= 0.3 is 0 Å². The Hall–Kier alpha value is -2.92. The molecule has 0 spiro atoms. The largest absolute Gasteiger partial charge is 0.354 e. The van der Waals surface area contributed by atoms with E-state index in [9.17, 15) is 4.79 Å². The number of hydrogen-bond donors (Lipinski definition) is 1. The number of rotatable bonds is 10. The van der Waals surface area contributed by atoms with E-state index in [0.29, 0.717) is 35.3 Å². The molecule has 0 aliphatic carbocycles. The Morgan fingerprint density at radius 1 is 1.32 bits per heavy atom. The highest BCUT2D eigenvalue weighted by atomic mass is 35.5. The van der Waals surface area contributed by atoms with E-state index < -0.39 is 0 Å². The molecule has 164 valence electrons. The summed E-state index contributed by atoms with van der Waals surface area (Å²) in [6, 6.07) is 7.98. The number of hydrogen-bond acceptors (Lipinski definition) is 4. The lowest BCUT2D eigenvalue weighted by Gasteiger charge is -2.22. The number of halogens is 1. The molecule has 31 heavy (non-hydrogen) atoms. The van der Waals surface area contributed by atoms with Crippen molar-refractivity contribution in [1.82, 2.24) is 14.9 Å². The fraction of sp³-hybridized carbons (Fsp3) is 0.320. The fourth-order valence-electron chi connectivity index (χ4n) is 3.16. The van der Waals surface area contributed by atoms with E-state index in [1.807, 2.05) is 44.2 Å². The zero-order valence-electron chi connectivity index (χ0n) is 18.8. The van der Waals surface area contributed by atoms with Crippen LogP contribution >= 0.6 is 11.6 Å². The first kappa shape index (κ1) is 24.4. The van der Waals surface area contributed by atoms with Crippen molar-refractivity contribution in [1.29, 1.82) is 0 Å². The van der Waals surface area contributed by atoms with Crippen LogP contribution in [0.1, 0.15) is 37.1 Å². The van der Waals surface area contributed by atoms with Crippen LogP contribution in [-0.2, 0) is 4.79 Å². The lowest BCUT2D eigenvalue weighted by atomic mass is 9.99. The lowest BCUT2D eigenvalue weighted by molar-refractivity contribution is -0.125. The third-order valence-electron chi connectivity index (χ3n) is 4.87. The van der Waals surface area contributed by atoms with Gasteiger partial charge in [-0.15, -0.1) is 0 Å². The molecule has 0 bridgehead atoms. The number of amides is 1. The second-order valence-corrected chi connectivity index (χ2v) is 8.10. The minimum Gasteiger partial charge on any atom is -0.354 e. The number of benzene rings is 1. The average Bonchev–Trinajstić information content (AvgIpc) is 2.76. The van der Waals surface area contributed by atoms with Crippen LogP contribution in [0, 0.1) is 12.8 Å². The van der Waals surface area contributed by atoms with Gasteiger partial charge in [0.25, 0.3) is 5.91 Å². The Bertz CT molecular complexity index is 983. The summed E-state index contributed by atoms with van der Waals surface area (Å²) in [7, 11) is 1.78. The number of likely N-dealkylation sites (N-methyl/N-ethyl adjacent to an activating group) is 1. The van der Waals surface area contributed by atoms with Crippen LogP contribution in [0.4, 0.5) is 5.95 Å². The van der Waals surface area contributed by atoms with Crippen LogP contribution in [0.25, 0.3) is 5.57 Å². The molecule has 1 amide bonds. The van der Waals surface area contributed by atoms with Gasteiger partial charge < -0.3 is 10.2 Å². The van der Waals surface area contributed by atoms with E-state index in [-0.39, 0.29) is 11.8 Å². The summed E-state index contributed by atoms with van der Waals surface area (Å²) in [6.45, 7) is 15.3. The van der Waals surface area contributed by atoms with Crippen LogP contribution in [-0.4, -0.2) is 40.9 Å². The first-order valence-corrected chi connectivity index (χ1v) is 10.7. The highest BCUT2D eigenvalue weighted by molar-refractivity contribution is 6.32. The van der Waals surface area contributed by atoms with E-state index in [2.05, 4.69) is 35.4 Å². The van der Waals surface area contributed by atoms with Gasteiger partial charge in [0.05, 0.1) is 16.9 Å². The van der Waals surface area contributed by atoms with Crippen LogP contribution in [0.5, 0.6) is 0 Å². The molecule has 1 atom stereocenters. The van der Waals surface area contributed by atoms with Gasteiger partial charge in [0.1, 0.15) is 0 Å². The number of nitrogens with zero attached hydrogens (tertiary/aromatic N) is 3. The summed E-state index contributed by atoms with van der Waals surface area (Å²) in [5.74, 6) is 0.584. The molecular formula is C25H31ClN4O. The molecule has 5 nitrogen and oxygen atoms in total. The van der Waals surface area contributed by atoms with E-state index in [1.165, 1.54) is 0 Å². The van der Waals surface area contributed by atoms with E-state index >= 15 is 0 Å². The smallest absolute Gasteiger partial charge is 0.252 e. The predicted octanol–water partition coefficient (Wildman–Crippen LogP) is 5.53. The number of anilines is 1. The third-order valence-corrected chi connectivity index (χ3v) is 5.15. The maximum atomic E-state index is 12.4. The standard InChI is InChI=1S/C25H31ClN4O/c1-7-8-11-19(4)24(31)30(6)16-17(2)14-27-25-28-15-22(26)23(29-25)20(5)21-13-10-9-12-18(21)3/h8-13,15,17H,4-5,7,14,16H2,1-3,6H3,(H,27,28,29). The first-order valence-electron chi connectivity index (χ1n) is 10.4. The van der Waals surface area contributed by atoms with Crippen LogP contribution in [0.15, 0.2) is 61.3 Å². The van der Waals surface area contributed by atoms with Crippen LogP contribution in [0.2, 0.25) is 5.02 Å². The molecular weight excluding hydrogens is 408 g/mol. The number of carbonyl (C=O) groups excluding carboxylic acids is 1. The Balaban J connectivity index is 2.01. The molecule has 1 aromatic heterocycles. The van der Waals surface area contributed by atoms with Crippen molar-refractivity contribution in [2.24, 2.45) is 5.92 Å². The Kier molecular flexibility index (Phi) is 9.01. The molecule has 0 radical (unpaired) electrons. The van der Waals surface area contributed by atoms with Gasteiger partial charge in [0, 0.05) is 31.3 Å². The highest BCUT2D eigenvalue weighted by Crippen LogP contribution is 2.28. The average molecular weight is 439 g/mol. The third kappa shape index (κ3) is 6.79. The molecule has 1 unspecified atom stereocenters. The van der Waals surface area contributed by atoms with Gasteiger partial charge in [-0.25, -0.2) is 9.97 Å². The zero-order chi connectivity index (χ0) is 23.0. The van der Waals surface area contributed by atoms with Gasteiger partial charge in [0.2, 0.25) is 5.95 Å². The number of carbonyl (C=O) groups is 1. The lowest BCUT2D eigenvalue weighted by Crippen LogP contribution is -2.33. The number of allylic oxidation sites excluding steroid dienone is 1. The van der Waals surface area contributed by atoms with Crippen molar-refractivity contribution in [3.05, 3.63) is 83.2 Å². The molecule has 0 saturated heterocycles. The van der Waals surface area contributed by atoms with Gasteiger partial charge in [-0.1, -0.05) is 75.0 Å². The van der Waals surface area contributed by atoms with Crippen molar-refractivity contribution in [3.63, 3.8) is 0 Å². The number of aromatic nitrogens is 2. The molecule has 0 fully saturated rings. The summed E-state index contributed by atoms with van der Waals surface area (Å²) in [4.78, 5) is 22.9. The van der Waals surface area contributed by atoms with Crippen molar-refractivity contribution >= 4 is 29.0 Å². The maximum Gasteiger partial charge on any atom is 0.252 e. The summed E-state index contributed by atoms with van der Waals surface area (Å²) >= 11 is 6.35. The minimum atomic E-state index is -0.0730. The number of nitrogens with one attached hydrogen (secondary N) is 1. The summed E-state index contributed by atoms with van der Waals surface area (Å²) in [5.41, 5.74) is 3.95. The monoisotopic (exact) mass is 438 g/mol. The molecule has 6 heteroatoms. The molecule has 0 aliphatic rings. The van der Waals surface area contributed by atoms with E-state index in [1.54, 1.807) is 24.2 Å². The van der Waals surface area contributed by atoms with E-state index in [0.717, 1.165) is 23.1 Å². The Labute approximate surface area is 190 Å². The number of aryl methyl sites for hydroxylation is 1. The second kappa shape index (κ2) is 11.5. The SMILES string of the molecule is C=C(C=CCC)C(=O)N(C)CC(C)CNc1ncc(Cl)c(C(=C)c2ccccc2C)n1. The molecule has 1 heterocycles. The van der Waals surface area contributed by atoms with Crippen molar-refractivity contribution in [2.45, 2.75) is 27.2 Å². The quantitative estimate of drug-likeness (QED) is 0.391. The maximum absolute atomic E-state index is 12.4. The van der Waals surface area contributed by atoms with Gasteiger partial charge in [-0.05, 0) is 30.4 Å². The normalized spacial score (nSPS) is 11.9. The minimum absolute atomic E-state index is 0.0730. The van der Waals surface area contributed by atoms with Crippen molar-refractivity contribution in [2.75, 3.05) is 25.5 Å². The topological polar surface area (TPSA) is 58.1 Å².